The molecule has 0 bridgehead atoms. The first-order valence-corrected chi connectivity index (χ1v) is 7.46. The molecule has 1 unspecified atom stereocenters. The van der Waals surface area contributed by atoms with E-state index in [0.29, 0.717) is 11.8 Å². The minimum atomic E-state index is -0.161. The number of benzene rings is 1. The number of nitrogens with one attached hydrogen (secondary N) is 1. The van der Waals surface area contributed by atoms with E-state index in [2.05, 4.69) is 42.0 Å². The fraction of sp³-hybridized carbons (Fsp3) is 0.600. The second-order valence-electron chi connectivity index (χ2n) is 5.29. The summed E-state index contributed by atoms with van der Waals surface area (Å²) >= 11 is 3.35. The van der Waals surface area contributed by atoms with Gasteiger partial charge in [-0.25, -0.2) is 4.39 Å². The Morgan fingerprint density at radius 2 is 2.00 bits per heavy atom. The Morgan fingerprint density at radius 1 is 1.28 bits per heavy atom. The predicted octanol–water partition coefficient (Wildman–Crippen LogP) is 4.40. The van der Waals surface area contributed by atoms with Gasteiger partial charge in [0.25, 0.3) is 0 Å². The number of hydrogen-bond acceptors (Lipinski definition) is 1. The SMILES string of the molecule is CCNCC(Cc1cc(F)cc(Br)c1)CC(C)C. The van der Waals surface area contributed by atoms with Crippen molar-refractivity contribution in [1.29, 1.82) is 0 Å². The zero-order valence-corrected chi connectivity index (χ0v) is 13.1. The van der Waals surface area contributed by atoms with Crippen LogP contribution in [0.1, 0.15) is 32.8 Å². The van der Waals surface area contributed by atoms with Gasteiger partial charge in [-0.3, -0.25) is 0 Å². The van der Waals surface area contributed by atoms with E-state index >= 15 is 0 Å². The smallest absolute Gasteiger partial charge is 0.124 e. The van der Waals surface area contributed by atoms with Crippen molar-refractivity contribution in [2.45, 2.75) is 33.6 Å². The Balaban J connectivity index is 2.68. The molecule has 1 nitrogen and oxygen atoms in total. The zero-order valence-electron chi connectivity index (χ0n) is 11.5. The van der Waals surface area contributed by atoms with Gasteiger partial charge in [-0.1, -0.05) is 36.7 Å². The summed E-state index contributed by atoms with van der Waals surface area (Å²) in [5.41, 5.74) is 1.07. The highest BCUT2D eigenvalue weighted by Gasteiger charge is 2.12. The summed E-state index contributed by atoms with van der Waals surface area (Å²) in [5, 5.41) is 3.40. The van der Waals surface area contributed by atoms with Crippen LogP contribution in [0.5, 0.6) is 0 Å². The third-order valence-electron chi connectivity index (χ3n) is 2.93. The molecule has 0 aromatic heterocycles. The summed E-state index contributed by atoms with van der Waals surface area (Å²) in [4.78, 5) is 0. The molecule has 1 aromatic rings. The molecule has 1 N–H and O–H groups in total. The van der Waals surface area contributed by atoms with Crippen LogP contribution in [0.25, 0.3) is 0 Å². The minimum absolute atomic E-state index is 0.161. The third kappa shape index (κ3) is 5.96. The lowest BCUT2D eigenvalue weighted by atomic mass is 9.91. The zero-order chi connectivity index (χ0) is 13.5. The first-order chi connectivity index (χ1) is 8.51. The van der Waals surface area contributed by atoms with E-state index in [1.54, 1.807) is 6.07 Å². The molecule has 1 aromatic carbocycles. The van der Waals surface area contributed by atoms with Gasteiger partial charge in [0, 0.05) is 4.47 Å². The van der Waals surface area contributed by atoms with Crippen molar-refractivity contribution in [3.05, 3.63) is 34.1 Å². The Bertz CT molecular complexity index is 345. The molecule has 0 saturated carbocycles. The maximum atomic E-state index is 13.3. The molecule has 0 aliphatic carbocycles. The molecular formula is C15H23BrFN. The van der Waals surface area contributed by atoms with Crippen molar-refractivity contribution in [3.8, 4) is 0 Å². The van der Waals surface area contributed by atoms with Gasteiger partial charge >= 0.3 is 0 Å². The fourth-order valence-electron chi connectivity index (χ4n) is 2.32. The van der Waals surface area contributed by atoms with Crippen LogP contribution in [-0.4, -0.2) is 13.1 Å². The molecule has 0 aliphatic rings. The molecule has 0 fully saturated rings. The summed E-state index contributed by atoms with van der Waals surface area (Å²) < 4.78 is 14.2. The van der Waals surface area contributed by atoms with Crippen molar-refractivity contribution >= 4 is 15.9 Å². The highest BCUT2D eigenvalue weighted by atomic mass is 79.9. The summed E-state index contributed by atoms with van der Waals surface area (Å²) in [6.45, 7) is 8.58. The van der Waals surface area contributed by atoms with E-state index in [4.69, 9.17) is 0 Å². The molecule has 0 amide bonds. The Hall–Kier alpha value is -0.410. The Morgan fingerprint density at radius 3 is 2.56 bits per heavy atom. The highest BCUT2D eigenvalue weighted by molar-refractivity contribution is 9.10. The fourth-order valence-corrected chi connectivity index (χ4v) is 2.83. The molecule has 3 heteroatoms. The first-order valence-electron chi connectivity index (χ1n) is 6.67. The quantitative estimate of drug-likeness (QED) is 0.786. The Labute approximate surface area is 118 Å². The second kappa shape index (κ2) is 7.90. The van der Waals surface area contributed by atoms with Crippen LogP contribution >= 0.6 is 15.9 Å². The Kier molecular flexibility index (Phi) is 6.87. The molecule has 102 valence electrons. The number of rotatable bonds is 7. The van der Waals surface area contributed by atoms with E-state index in [0.717, 1.165) is 29.5 Å². The molecule has 0 spiro atoms. The van der Waals surface area contributed by atoms with Crippen molar-refractivity contribution in [3.63, 3.8) is 0 Å². The van der Waals surface area contributed by atoms with Crippen LogP contribution in [0.3, 0.4) is 0 Å². The highest BCUT2D eigenvalue weighted by Crippen LogP contribution is 2.21. The molecular weight excluding hydrogens is 293 g/mol. The van der Waals surface area contributed by atoms with Gasteiger partial charge in [-0.15, -0.1) is 0 Å². The van der Waals surface area contributed by atoms with Gasteiger partial charge in [-0.05, 0) is 61.5 Å². The normalized spacial score (nSPS) is 13.0. The molecule has 0 heterocycles. The van der Waals surface area contributed by atoms with E-state index in [-0.39, 0.29) is 5.82 Å². The third-order valence-corrected chi connectivity index (χ3v) is 3.39. The van der Waals surface area contributed by atoms with Crippen molar-refractivity contribution in [2.75, 3.05) is 13.1 Å². The minimum Gasteiger partial charge on any atom is -0.317 e. The van der Waals surface area contributed by atoms with Gasteiger partial charge in [0.1, 0.15) is 5.82 Å². The largest absolute Gasteiger partial charge is 0.317 e. The monoisotopic (exact) mass is 315 g/mol. The van der Waals surface area contributed by atoms with Crippen molar-refractivity contribution in [1.82, 2.24) is 5.32 Å². The van der Waals surface area contributed by atoms with E-state index < -0.39 is 0 Å². The summed E-state index contributed by atoms with van der Waals surface area (Å²) in [5.74, 6) is 1.08. The van der Waals surface area contributed by atoms with Gasteiger partial charge in [0.05, 0.1) is 0 Å². The van der Waals surface area contributed by atoms with Crippen LogP contribution < -0.4 is 5.32 Å². The lowest BCUT2D eigenvalue weighted by Gasteiger charge is -2.19. The van der Waals surface area contributed by atoms with Crippen LogP contribution in [-0.2, 0) is 6.42 Å². The average Bonchev–Trinajstić information content (AvgIpc) is 2.23. The average molecular weight is 316 g/mol. The molecule has 18 heavy (non-hydrogen) atoms. The standard InChI is InChI=1S/C15H23BrFN/c1-4-18-10-13(5-11(2)3)6-12-7-14(16)9-15(17)8-12/h7-9,11,13,18H,4-6,10H2,1-3H3. The molecule has 1 rings (SSSR count). The lowest BCUT2D eigenvalue weighted by molar-refractivity contribution is 0.388. The van der Waals surface area contributed by atoms with Crippen molar-refractivity contribution in [2.24, 2.45) is 11.8 Å². The van der Waals surface area contributed by atoms with E-state index in [1.165, 1.54) is 12.5 Å². The van der Waals surface area contributed by atoms with Gasteiger partial charge in [0.15, 0.2) is 0 Å². The van der Waals surface area contributed by atoms with E-state index in [9.17, 15) is 4.39 Å². The van der Waals surface area contributed by atoms with E-state index in [1.807, 2.05) is 6.07 Å². The molecule has 1 atom stereocenters. The van der Waals surface area contributed by atoms with Crippen LogP contribution in [0.4, 0.5) is 4.39 Å². The van der Waals surface area contributed by atoms with Gasteiger partial charge < -0.3 is 5.32 Å². The molecule has 0 saturated heterocycles. The summed E-state index contributed by atoms with van der Waals surface area (Å²) in [7, 11) is 0. The second-order valence-corrected chi connectivity index (χ2v) is 6.20. The number of hydrogen-bond donors (Lipinski definition) is 1. The van der Waals surface area contributed by atoms with Crippen LogP contribution in [0.2, 0.25) is 0 Å². The topological polar surface area (TPSA) is 12.0 Å². The number of halogens is 2. The maximum absolute atomic E-state index is 13.3. The van der Waals surface area contributed by atoms with Crippen molar-refractivity contribution < 1.29 is 4.39 Å². The summed E-state index contributed by atoms with van der Waals surface area (Å²) in [6.07, 6.45) is 2.10. The van der Waals surface area contributed by atoms with Gasteiger partial charge in [-0.2, -0.15) is 0 Å². The van der Waals surface area contributed by atoms with Crippen LogP contribution in [0, 0.1) is 17.7 Å². The van der Waals surface area contributed by atoms with Crippen LogP contribution in [0.15, 0.2) is 22.7 Å². The molecule has 0 radical (unpaired) electrons. The van der Waals surface area contributed by atoms with Gasteiger partial charge in [0.2, 0.25) is 0 Å². The summed E-state index contributed by atoms with van der Waals surface area (Å²) in [6, 6.07) is 5.16. The molecule has 0 aliphatic heterocycles. The predicted molar refractivity (Wildman–Crippen MR) is 79.3 cm³/mol. The first kappa shape index (κ1) is 15.6. The maximum Gasteiger partial charge on any atom is 0.124 e. The lowest BCUT2D eigenvalue weighted by Crippen LogP contribution is -2.25.